The van der Waals surface area contributed by atoms with Crippen molar-refractivity contribution in [1.82, 2.24) is 5.16 Å². The van der Waals surface area contributed by atoms with Gasteiger partial charge in [-0.3, -0.25) is 4.79 Å². The molecular formula is C15H17N3O2. The molecule has 1 aromatic carbocycles. The zero-order valence-corrected chi connectivity index (χ0v) is 11.3. The van der Waals surface area contributed by atoms with Crippen molar-refractivity contribution in [2.24, 2.45) is 5.73 Å². The van der Waals surface area contributed by atoms with Gasteiger partial charge in [0.2, 0.25) is 0 Å². The van der Waals surface area contributed by atoms with Crippen LogP contribution in [0.25, 0.3) is 0 Å². The summed E-state index contributed by atoms with van der Waals surface area (Å²) < 4.78 is 5.18. The molecule has 104 valence electrons. The van der Waals surface area contributed by atoms with Crippen LogP contribution in [0.4, 0.5) is 5.69 Å². The van der Waals surface area contributed by atoms with E-state index in [-0.39, 0.29) is 5.91 Å². The lowest BCUT2D eigenvalue weighted by Gasteiger charge is -2.07. The Hall–Kier alpha value is -2.14. The number of nitrogens with zero attached hydrogens (tertiary/aromatic N) is 1. The van der Waals surface area contributed by atoms with Crippen LogP contribution in [0.3, 0.4) is 0 Å². The third-order valence-electron chi connectivity index (χ3n) is 3.56. The van der Waals surface area contributed by atoms with Crippen LogP contribution < -0.4 is 11.1 Å². The third kappa shape index (κ3) is 2.58. The summed E-state index contributed by atoms with van der Waals surface area (Å²) in [5, 5.41) is 6.64. The number of carbonyl (C=O) groups is 1. The minimum absolute atomic E-state index is 0.249. The summed E-state index contributed by atoms with van der Waals surface area (Å²) in [5.74, 6) is 1.01. The molecule has 0 bridgehead atoms. The van der Waals surface area contributed by atoms with Gasteiger partial charge in [0.15, 0.2) is 5.69 Å². The highest BCUT2D eigenvalue weighted by atomic mass is 16.5. The number of anilines is 1. The van der Waals surface area contributed by atoms with Gasteiger partial charge in [-0.2, -0.15) is 0 Å². The zero-order chi connectivity index (χ0) is 14.1. The smallest absolute Gasteiger partial charge is 0.277 e. The Morgan fingerprint density at radius 1 is 1.45 bits per heavy atom. The molecule has 1 aliphatic rings. The lowest BCUT2D eigenvalue weighted by atomic mass is 10.1. The quantitative estimate of drug-likeness (QED) is 0.895. The number of benzene rings is 1. The molecular weight excluding hydrogens is 254 g/mol. The number of rotatable bonds is 4. The van der Waals surface area contributed by atoms with E-state index >= 15 is 0 Å². The molecule has 3 rings (SSSR count). The highest BCUT2D eigenvalue weighted by Gasteiger charge is 2.28. The summed E-state index contributed by atoms with van der Waals surface area (Å²) in [4.78, 5) is 12.1. The number of aryl methyl sites for hydroxylation is 1. The zero-order valence-electron chi connectivity index (χ0n) is 11.3. The molecule has 1 fully saturated rings. The first-order chi connectivity index (χ1) is 9.67. The predicted molar refractivity (Wildman–Crippen MR) is 75.5 cm³/mol. The van der Waals surface area contributed by atoms with Crippen LogP contribution in [0, 0.1) is 6.92 Å². The second-order valence-electron chi connectivity index (χ2n) is 5.19. The van der Waals surface area contributed by atoms with Crippen molar-refractivity contribution < 1.29 is 9.32 Å². The first-order valence-corrected chi connectivity index (χ1v) is 6.75. The van der Waals surface area contributed by atoms with Crippen molar-refractivity contribution in [1.29, 1.82) is 0 Å². The topological polar surface area (TPSA) is 81.2 Å². The van der Waals surface area contributed by atoms with Crippen molar-refractivity contribution in [2.75, 3.05) is 5.32 Å². The van der Waals surface area contributed by atoms with Crippen LogP contribution in [0.15, 0.2) is 28.8 Å². The van der Waals surface area contributed by atoms with Crippen LogP contribution in [0.2, 0.25) is 0 Å². The molecule has 0 radical (unpaired) electrons. The van der Waals surface area contributed by atoms with Crippen molar-refractivity contribution in [3.63, 3.8) is 0 Å². The monoisotopic (exact) mass is 271 g/mol. The van der Waals surface area contributed by atoms with Crippen molar-refractivity contribution in [2.45, 2.75) is 32.2 Å². The fourth-order valence-corrected chi connectivity index (χ4v) is 2.15. The Morgan fingerprint density at radius 3 is 2.90 bits per heavy atom. The minimum Gasteiger partial charge on any atom is -0.360 e. The van der Waals surface area contributed by atoms with Gasteiger partial charge in [-0.05, 0) is 43.0 Å². The minimum atomic E-state index is -0.249. The molecule has 1 amide bonds. The number of hydrogen-bond donors (Lipinski definition) is 2. The average Bonchev–Trinajstić information content (AvgIpc) is 3.16. The molecule has 0 saturated heterocycles. The van der Waals surface area contributed by atoms with E-state index in [2.05, 4.69) is 10.5 Å². The fraction of sp³-hybridized carbons (Fsp3) is 0.333. The normalized spacial score (nSPS) is 14.3. The molecule has 5 nitrogen and oxygen atoms in total. The summed E-state index contributed by atoms with van der Waals surface area (Å²) in [5.41, 5.74) is 8.81. The number of aromatic nitrogens is 1. The second-order valence-corrected chi connectivity index (χ2v) is 5.19. The standard InChI is InChI=1S/C15H17N3O2/c1-9-6-12(5-4-11(9)8-16)17-15(19)13-7-14(20-18-13)10-2-3-10/h4-7,10H,2-3,8,16H2,1H3,(H,17,19). The number of carbonyl (C=O) groups excluding carboxylic acids is 1. The lowest BCUT2D eigenvalue weighted by Crippen LogP contribution is -2.12. The van der Waals surface area contributed by atoms with Gasteiger partial charge in [-0.25, -0.2) is 0 Å². The maximum absolute atomic E-state index is 12.1. The van der Waals surface area contributed by atoms with Crippen LogP contribution in [-0.2, 0) is 6.54 Å². The molecule has 1 heterocycles. The van der Waals surface area contributed by atoms with Gasteiger partial charge in [-0.1, -0.05) is 11.2 Å². The van der Waals surface area contributed by atoms with Gasteiger partial charge >= 0.3 is 0 Å². The third-order valence-corrected chi connectivity index (χ3v) is 3.56. The lowest BCUT2D eigenvalue weighted by molar-refractivity contribution is 0.101. The molecule has 1 aromatic heterocycles. The SMILES string of the molecule is Cc1cc(NC(=O)c2cc(C3CC3)on2)ccc1CN. The Morgan fingerprint density at radius 2 is 2.25 bits per heavy atom. The molecule has 1 saturated carbocycles. The van der Waals surface area contributed by atoms with Crippen LogP contribution in [-0.4, -0.2) is 11.1 Å². The van der Waals surface area contributed by atoms with E-state index < -0.39 is 0 Å². The molecule has 20 heavy (non-hydrogen) atoms. The van der Waals surface area contributed by atoms with E-state index in [1.165, 1.54) is 0 Å². The maximum atomic E-state index is 12.1. The van der Waals surface area contributed by atoms with Crippen molar-refractivity contribution in [3.8, 4) is 0 Å². The summed E-state index contributed by atoms with van der Waals surface area (Å²) in [6, 6.07) is 7.40. The Bertz CT molecular complexity index is 644. The van der Waals surface area contributed by atoms with Crippen LogP contribution in [0.5, 0.6) is 0 Å². The molecule has 0 atom stereocenters. The molecule has 5 heteroatoms. The van der Waals surface area contributed by atoms with Gasteiger partial charge in [-0.15, -0.1) is 0 Å². The molecule has 3 N–H and O–H groups in total. The number of nitrogens with two attached hydrogens (primary N) is 1. The summed E-state index contributed by atoms with van der Waals surface area (Å²) in [7, 11) is 0. The first-order valence-electron chi connectivity index (χ1n) is 6.75. The Balaban J connectivity index is 1.72. The van der Waals surface area contributed by atoms with E-state index in [0.717, 1.165) is 35.4 Å². The summed E-state index contributed by atoms with van der Waals surface area (Å²) in [6.45, 7) is 2.47. The molecule has 0 aliphatic heterocycles. The number of nitrogens with one attached hydrogen (secondary N) is 1. The highest BCUT2D eigenvalue weighted by molar-refractivity contribution is 6.02. The number of amides is 1. The molecule has 0 spiro atoms. The van der Waals surface area contributed by atoms with Gasteiger partial charge in [0.25, 0.3) is 5.91 Å². The van der Waals surface area contributed by atoms with Crippen LogP contribution >= 0.6 is 0 Å². The fourth-order valence-electron chi connectivity index (χ4n) is 2.15. The maximum Gasteiger partial charge on any atom is 0.277 e. The van der Waals surface area contributed by atoms with Crippen molar-refractivity contribution in [3.05, 3.63) is 46.8 Å². The first kappa shape index (κ1) is 12.9. The summed E-state index contributed by atoms with van der Waals surface area (Å²) in [6.07, 6.45) is 2.24. The largest absolute Gasteiger partial charge is 0.360 e. The molecule has 2 aromatic rings. The van der Waals surface area contributed by atoms with Gasteiger partial charge in [0.05, 0.1) is 0 Å². The molecule has 1 aliphatic carbocycles. The van der Waals surface area contributed by atoms with E-state index in [4.69, 9.17) is 10.3 Å². The van der Waals surface area contributed by atoms with Gasteiger partial charge in [0, 0.05) is 24.2 Å². The van der Waals surface area contributed by atoms with E-state index in [0.29, 0.717) is 18.2 Å². The Kier molecular flexibility index (Phi) is 3.28. The van der Waals surface area contributed by atoms with E-state index in [9.17, 15) is 4.79 Å². The average molecular weight is 271 g/mol. The second kappa shape index (κ2) is 5.09. The number of hydrogen-bond acceptors (Lipinski definition) is 4. The van der Waals surface area contributed by atoms with Gasteiger partial charge in [0.1, 0.15) is 5.76 Å². The highest BCUT2D eigenvalue weighted by Crippen LogP contribution is 2.40. The van der Waals surface area contributed by atoms with Crippen molar-refractivity contribution >= 4 is 11.6 Å². The van der Waals surface area contributed by atoms with Crippen LogP contribution in [0.1, 0.15) is 46.1 Å². The van der Waals surface area contributed by atoms with Gasteiger partial charge < -0.3 is 15.6 Å². The summed E-state index contributed by atoms with van der Waals surface area (Å²) >= 11 is 0. The predicted octanol–water partition coefficient (Wildman–Crippen LogP) is 2.57. The Labute approximate surface area is 117 Å². The van der Waals surface area contributed by atoms with E-state index in [1.807, 2.05) is 25.1 Å². The molecule has 0 unspecified atom stereocenters. The van der Waals surface area contributed by atoms with E-state index in [1.54, 1.807) is 6.07 Å².